The molecule has 1 saturated carbocycles. The van der Waals surface area contributed by atoms with Crippen molar-refractivity contribution in [3.63, 3.8) is 0 Å². The van der Waals surface area contributed by atoms with E-state index in [1.165, 1.54) is 12.3 Å². The van der Waals surface area contributed by atoms with Crippen LogP contribution in [-0.2, 0) is 9.84 Å². The Morgan fingerprint density at radius 1 is 1.43 bits per heavy atom. The maximum absolute atomic E-state index is 13.7. The summed E-state index contributed by atoms with van der Waals surface area (Å²) in [7, 11) is -3.05. The summed E-state index contributed by atoms with van der Waals surface area (Å²) in [6.45, 7) is 0. The van der Waals surface area contributed by atoms with Crippen LogP contribution in [0.4, 0.5) is 4.39 Å². The van der Waals surface area contributed by atoms with Gasteiger partial charge in [-0.1, -0.05) is 12.5 Å². The van der Waals surface area contributed by atoms with Gasteiger partial charge in [0.2, 0.25) is 0 Å². The average molecular weight is 379 g/mol. The summed E-state index contributed by atoms with van der Waals surface area (Å²) in [4.78, 5) is 0. The molecule has 118 valence electrons. The van der Waals surface area contributed by atoms with Gasteiger partial charge in [0, 0.05) is 12.3 Å². The molecule has 3 unspecified atom stereocenters. The van der Waals surface area contributed by atoms with Gasteiger partial charge in [0.05, 0.1) is 9.72 Å². The number of rotatable bonds is 4. The maximum Gasteiger partial charge on any atom is 0.150 e. The third-order valence-electron chi connectivity index (χ3n) is 4.23. The highest BCUT2D eigenvalue weighted by atomic mass is 79.9. The molecule has 1 aromatic rings. The molecular formula is C14H20BrFN2O2S. The number of sulfone groups is 1. The highest BCUT2D eigenvalue weighted by Gasteiger charge is 2.33. The Morgan fingerprint density at radius 2 is 2.14 bits per heavy atom. The van der Waals surface area contributed by atoms with E-state index in [1.807, 2.05) is 6.07 Å². The number of benzene rings is 1. The quantitative estimate of drug-likeness (QED) is 0.623. The molecule has 21 heavy (non-hydrogen) atoms. The van der Waals surface area contributed by atoms with Crippen LogP contribution >= 0.6 is 15.9 Å². The Labute approximate surface area is 133 Å². The highest BCUT2D eigenvalue weighted by molar-refractivity contribution is 9.10. The lowest BCUT2D eigenvalue weighted by molar-refractivity contribution is 0.274. The summed E-state index contributed by atoms with van der Waals surface area (Å²) in [5.74, 6) is 5.39. The summed E-state index contributed by atoms with van der Waals surface area (Å²) in [5.41, 5.74) is 3.48. The highest BCUT2D eigenvalue weighted by Crippen LogP contribution is 2.37. The molecule has 3 atom stereocenters. The molecule has 0 aromatic heterocycles. The first-order valence-corrected chi connectivity index (χ1v) is 9.67. The average Bonchev–Trinajstić information content (AvgIpc) is 2.43. The van der Waals surface area contributed by atoms with Crippen molar-refractivity contribution in [3.05, 3.63) is 34.1 Å². The first-order valence-electron chi connectivity index (χ1n) is 6.93. The molecule has 0 saturated heterocycles. The van der Waals surface area contributed by atoms with Gasteiger partial charge in [0.1, 0.15) is 15.7 Å². The Bertz CT molecular complexity index is 609. The molecule has 0 aliphatic heterocycles. The topological polar surface area (TPSA) is 72.2 Å². The Balaban J connectivity index is 2.22. The van der Waals surface area contributed by atoms with E-state index in [0.717, 1.165) is 18.4 Å². The van der Waals surface area contributed by atoms with E-state index in [0.29, 0.717) is 17.3 Å². The van der Waals surface area contributed by atoms with E-state index in [-0.39, 0.29) is 23.0 Å². The van der Waals surface area contributed by atoms with E-state index in [9.17, 15) is 12.8 Å². The third kappa shape index (κ3) is 4.03. The molecule has 0 radical (unpaired) electrons. The van der Waals surface area contributed by atoms with Gasteiger partial charge in [0.15, 0.2) is 0 Å². The first-order chi connectivity index (χ1) is 9.82. The zero-order valence-corrected chi connectivity index (χ0v) is 14.3. The van der Waals surface area contributed by atoms with Crippen LogP contribution in [0.25, 0.3) is 0 Å². The molecule has 0 bridgehead atoms. The second kappa shape index (κ2) is 6.73. The summed E-state index contributed by atoms with van der Waals surface area (Å²) in [5, 5.41) is -0.326. The van der Waals surface area contributed by atoms with Crippen molar-refractivity contribution in [2.24, 2.45) is 11.8 Å². The maximum atomic E-state index is 13.7. The molecule has 0 heterocycles. The first kappa shape index (κ1) is 16.9. The van der Waals surface area contributed by atoms with Gasteiger partial charge in [0.25, 0.3) is 0 Å². The minimum atomic E-state index is -3.05. The minimum Gasteiger partial charge on any atom is -0.271 e. The van der Waals surface area contributed by atoms with Crippen LogP contribution in [0, 0.1) is 11.7 Å². The lowest BCUT2D eigenvalue weighted by Gasteiger charge is -2.33. The van der Waals surface area contributed by atoms with Crippen molar-refractivity contribution in [1.82, 2.24) is 5.43 Å². The third-order valence-corrected chi connectivity index (χ3v) is 6.51. The smallest absolute Gasteiger partial charge is 0.150 e. The zero-order chi connectivity index (χ0) is 15.6. The van der Waals surface area contributed by atoms with Crippen LogP contribution in [-0.4, -0.2) is 19.9 Å². The van der Waals surface area contributed by atoms with Crippen molar-refractivity contribution in [1.29, 1.82) is 0 Å². The number of nitrogens with two attached hydrogens (primary N) is 1. The fourth-order valence-corrected chi connectivity index (χ4v) is 4.52. The molecule has 1 aromatic carbocycles. The van der Waals surface area contributed by atoms with Gasteiger partial charge in [-0.2, -0.15) is 0 Å². The standard InChI is InChI=1S/C14H20BrFN2O2S/c1-21(19,20)11-4-2-3-9(7-11)14(18-17)10-5-6-12(15)13(16)8-10/h5-6,8-9,11,14,18H,2-4,7,17H2,1H3. The summed E-state index contributed by atoms with van der Waals surface area (Å²) in [6.07, 6.45) is 4.27. The van der Waals surface area contributed by atoms with Gasteiger partial charge in [-0.05, 0) is 58.8 Å². The fraction of sp³-hybridized carbons (Fsp3) is 0.571. The molecule has 4 nitrogen and oxygen atoms in total. The number of halogens is 2. The van der Waals surface area contributed by atoms with Crippen LogP contribution in [0.2, 0.25) is 0 Å². The van der Waals surface area contributed by atoms with Crippen molar-refractivity contribution < 1.29 is 12.8 Å². The van der Waals surface area contributed by atoms with Crippen molar-refractivity contribution in [3.8, 4) is 0 Å². The lowest BCUT2D eigenvalue weighted by Crippen LogP contribution is -2.38. The molecule has 3 N–H and O–H groups in total. The van der Waals surface area contributed by atoms with Gasteiger partial charge in [-0.15, -0.1) is 0 Å². The largest absolute Gasteiger partial charge is 0.271 e. The predicted molar refractivity (Wildman–Crippen MR) is 84.8 cm³/mol. The van der Waals surface area contributed by atoms with E-state index in [1.54, 1.807) is 6.07 Å². The van der Waals surface area contributed by atoms with Crippen LogP contribution in [0.5, 0.6) is 0 Å². The van der Waals surface area contributed by atoms with E-state index >= 15 is 0 Å². The second-order valence-electron chi connectivity index (χ2n) is 5.70. The fourth-order valence-electron chi connectivity index (χ4n) is 3.08. The Hall–Kier alpha value is -0.500. The van der Waals surface area contributed by atoms with E-state index in [2.05, 4.69) is 21.4 Å². The van der Waals surface area contributed by atoms with Crippen LogP contribution < -0.4 is 11.3 Å². The molecule has 0 spiro atoms. The van der Waals surface area contributed by atoms with Gasteiger partial charge >= 0.3 is 0 Å². The van der Waals surface area contributed by atoms with Crippen LogP contribution in [0.15, 0.2) is 22.7 Å². The normalized spacial score (nSPS) is 24.8. The monoisotopic (exact) mass is 378 g/mol. The summed E-state index contributed by atoms with van der Waals surface area (Å²) < 4.78 is 37.6. The second-order valence-corrected chi connectivity index (χ2v) is 8.88. The molecular weight excluding hydrogens is 359 g/mol. The van der Waals surface area contributed by atoms with Gasteiger partial charge in [-0.25, -0.2) is 12.8 Å². The lowest BCUT2D eigenvalue weighted by atomic mass is 9.81. The number of nitrogens with one attached hydrogen (secondary N) is 1. The van der Waals surface area contributed by atoms with Crippen LogP contribution in [0.1, 0.15) is 37.3 Å². The van der Waals surface area contributed by atoms with Crippen molar-refractivity contribution in [2.45, 2.75) is 37.0 Å². The summed E-state index contributed by atoms with van der Waals surface area (Å²) in [6, 6.07) is 4.66. The summed E-state index contributed by atoms with van der Waals surface area (Å²) >= 11 is 3.13. The molecule has 0 amide bonds. The van der Waals surface area contributed by atoms with Crippen molar-refractivity contribution >= 4 is 25.8 Å². The number of hydrazine groups is 1. The molecule has 1 aliphatic carbocycles. The Kier molecular flexibility index (Phi) is 5.40. The predicted octanol–water partition coefficient (Wildman–Crippen LogP) is 2.70. The molecule has 1 fully saturated rings. The van der Waals surface area contributed by atoms with E-state index in [4.69, 9.17) is 5.84 Å². The minimum absolute atomic E-state index is 0.0871. The van der Waals surface area contributed by atoms with Gasteiger partial charge < -0.3 is 0 Å². The number of hydrogen-bond donors (Lipinski definition) is 2. The van der Waals surface area contributed by atoms with Crippen LogP contribution in [0.3, 0.4) is 0 Å². The Morgan fingerprint density at radius 3 is 2.71 bits per heavy atom. The van der Waals surface area contributed by atoms with Gasteiger partial charge in [-0.3, -0.25) is 11.3 Å². The zero-order valence-electron chi connectivity index (χ0n) is 11.9. The number of hydrogen-bond acceptors (Lipinski definition) is 4. The molecule has 2 rings (SSSR count). The molecule has 7 heteroatoms. The molecule has 1 aliphatic rings. The van der Waals surface area contributed by atoms with Crippen molar-refractivity contribution in [2.75, 3.05) is 6.26 Å². The SMILES string of the molecule is CS(=O)(=O)C1CCCC(C(NN)c2ccc(Br)c(F)c2)C1. The van der Waals surface area contributed by atoms with E-state index < -0.39 is 9.84 Å².